The lowest BCUT2D eigenvalue weighted by Crippen LogP contribution is -2.43. The molecule has 1 unspecified atom stereocenters. The number of carbonyl (C=O) groups excluding carboxylic acids is 1. The van der Waals surface area contributed by atoms with Crippen molar-refractivity contribution in [3.8, 4) is 5.75 Å². The number of hydrogen-bond acceptors (Lipinski definition) is 6. The highest BCUT2D eigenvalue weighted by atomic mass is 35.5. The summed E-state index contributed by atoms with van der Waals surface area (Å²) in [5.41, 5.74) is 4.65. The maximum absolute atomic E-state index is 12.7. The number of para-hydroxylation sites is 1. The van der Waals surface area contributed by atoms with E-state index in [0.717, 1.165) is 48.5 Å². The van der Waals surface area contributed by atoms with E-state index in [4.69, 9.17) is 9.15 Å². The number of halogens is 1. The summed E-state index contributed by atoms with van der Waals surface area (Å²) in [5.74, 6) is 0.277. The van der Waals surface area contributed by atoms with Gasteiger partial charge in [-0.1, -0.05) is 18.2 Å². The molecule has 1 aromatic heterocycles. The van der Waals surface area contributed by atoms with Crippen molar-refractivity contribution < 1.29 is 13.9 Å². The average molecular weight is 400 g/mol. The topological polar surface area (TPSA) is 67.6 Å². The second kappa shape index (κ2) is 7.45. The number of esters is 1. The lowest BCUT2D eigenvalue weighted by molar-refractivity contribution is -0.137. The molecule has 2 aliphatic heterocycles. The van der Waals surface area contributed by atoms with Crippen molar-refractivity contribution in [3.05, 3.63) is 53.4 Å². The zero-order valence-electron chi connectivity index (χ0n) is 15.6. The van der Waals surface area contributed by atoms with Crippen LogP contribution in [-0.2, 0) is 11.2 Å². The monoisotopic (exact) mass is 399 g/mol. The fourth-order valence-corrected chi connectivity index (χ4v) is 3.85. The number of anilines is 1. The molecule has 3 aromatic rings. The van der Waals surface area contributed by atoms with Crippen LogP contribution in [0, 0.1) is 6.92 Å². The van der Waals surface area contributed by atoms with Crippen LogP contribution in [-0.4, -0.2) is 37.1 Å². The first-order valence-electron chi connectivity index (χ1n) is 9.35. The molecule has 2 aromatic carbocycles. The second-order valence-electron chi connectivity index (χ2n) is 7.18. The first-order chi connectivity index (χ1) is 13.2. The van der Waals surface area contributed by atoms with Crippen molar-refractivity contribution in [2.75, 3.05) is 31.1 Å². The van der Waals surface area contributed by atoms with Crippen molar-refractivity contribution in [2.24, 2.45) is 0 Å². The third-order valence-electron chi connectivity index (χ3n) is 5.39. The highest BCUT2D eigenvalue weighted by Crippen LogP contribution is 2.36. The van der Waals surface area contributed by atoms with Gasteiger partial charge < -0.3 is 19.4 Å². The second-order valence-corrected chi connectivity index (χ2v) is 7.18. The van der Waals surface area contributed by atoms with Crippen LogP contribution < -0.4 is 15.0 Å². The number of ether oxygens (including phenoxy) is 1. The Morgan fingerprint density at radius 3 is 2.79 bits per heavy atom. The van der Waals surface area contributed by atoms with E-state index in [0.29, 0.717) is 23.6 Å². The van der Waals surface area contributed by atoms with Crippen LogP contribution >= 0.6 is 12.4 Å². The number of nitrogens with one attached hydrogen (secondary N) is 1. The van der Waals surface area contributed by atoms with Crippen LogP contribution in [0.1, 0.15) is 22.9 Å². The molecule has 5 rings (SSSR count). The summed E-state index contributed by atoms with van der Waals surface area (Å²) in [7, 11) is 0. The van der Waals surface area contributed by atoms with Gasteiger partial charge in [0.05, 0.1) is 0 Å². The fraction of sp³-hybridized carbons (Fsp3) is 0.333. The lowest BCUT2D eigenvalue weighted by Gasteiger charge is -2.30. The Kier molecular flexibility index (Phi) is 5.00. The summed E-state index contributed by atoms with van der Waals surface area (Å²) >= 11 is 0. The summed E-state index contributed by atoms with van der Waals surface area (Å²) in [6, 6.07) is 11.9. The van der Waals surface area contributed by atoms with Gasteiger partial charge in [-0.3, -0.25) is 4.79 Å². The van der Waals surface area contributed by atoms with Gasteiger partial charge in [-0.25, -0.2) is 4.98 Å². The van der Waals surface area contributed by atoms with Gasteiger partial charge in [0, 0.05) is 37.9 Å². The van der Waals surface area contributed by atoms with Gasteiger partial charge in [0.1, 0.15) is 17.2 Å². The van der Waals surface area contributed by atoms with Crippen LogP contribution in [0.4, 0.5) is 5.69 Å². The van der Waals surface area contributed by atoms with E-state index in [1.807, 2.05) is 31.2 Å². The van der Waals surface area contributed by atoms with Crippen LogP contribution in [0.5, 0.6) is 5.75 Å². The van der Waals surface area contributed by atoms with Gasteiger partial charge in [-0.15, -0.1) is 12.4 Å². The van der Waals surface area contributed by atoms with E-state index in [2.05, 4.69) is 27.3 Å². The Morgan fingerprint density at radius 2 is 2.00 bits per heavy atom. The van der Waals surface area contributed by atoms with E-state index in [1.54, 1.807) is 0 Å². The minimum atomic E-state index is -0.505. The Hall–Kier alpha value is -2.57. The molecule has 1 fully saturated rings. The van der Waals surface area contributed by atoms with Crippen LogP contribution in [0.15, 0.2) is 40.8 Å². The van der Waals surface area contributed by atoms with Gasteiger partial charge in [0.2, 0.25) is 5.89 Å². The molecule has 1 N–H and O–H groups in total. The molecule has 3 heterocycles. The molecule has 146 valence electrons. The molecule has 0 bridgehead atoms. The summed E-state index contributed by atoms with van der Waals surface area (Å²) in [4.78, 5) is 19.5. The molecule has 2 aliphatic rings. The summed E-state index contributed by atoms with van der Waals surface area (Å²) in [6.07, 6.45) is 0.544. The zero-order valence-corrected chi connectivity index (χ0v) is 16.4. The molecule has 7 heteroatoms. The van der Waals surface area contributed by atoms with E-state index in [-0.39, 0.29) is 18.4 Å². The molecule has 1 atom stereocenters. The van der Waals surface area contributed by atoms with Crippen molar-refractivity contribution in [3.63, 3.8) is 0 Å². The standard InChI is InChI=1S/C21H21N3O3.ClH/c1-13-3-2-4-17-19(13)23-20(26-17)16-11-14-5-6-15(12-18(14)27-21(16)25)24-9-7-22-8-10-24;/h2-6,12,16,22H,7-11H2,1H3;1H. The van der Waals surface area contributed by atoms with Gasteiger partial charge in [-0.05, 0) is 36.6 Å². The van der Waals surface area contributed by atoms with E-state index in [9.17, 15) is 4.79 Å². The molecule has 0 amide bonds. The van der Waals surface area contributed by atoms with Crippen molar-refractivity contribution in [1.29, 1.82) is 0 Å². The number of carbonyl (C=O) groups is 1. The molecule has 28 heavy (non-hydrogen) atoms. The molecule has 1 saturated heterocycles. The highest BCUT2D eigenvalue weighted by molar-refractivity contribution is 5.85. The van der Waals surface area contributed by atoms with Crippen molar-refractivity contribution in [2.45, 2.75) is 19.3 Å². The molecule has 0 saturated carbocycles. The lowest BCUT2D eigenvalue weighted by atomic mass is 9.95. The quantitative estimate of drug-likeness (QED) is 0.527. The molecule has 0 aliphatic carbocycles. The van der Waals surface area contributed by atoms with Crippen LogP contribution in [0.25, 0.3) is 11.1 Å². The number of piperazine rings is 1. The number of oxazole rings is 1. The zero-order chi connectivity index (χ0) is 18.4. The summed E-state index contributed by atoms with van der Waals surface area (Å²) < 4.78 is 11.5. The SMILES string of the molecule is Cc1cccc2oc(C3Cc4ccc(N5CCNCC5)cc4OC3=O)nc12.Cl. The van der Waals surface area contributed by atoms with Gasteiger partial charge >= 0.3 is 5.97 Å². The number of fused-ring (bicyclic) bond motifs is 2. The fourth-order valence-electron chi connectivity index (χ4n) is 3.85. The average Bonchev–Trinajstić information content (AvgIpc) is 3.13. The predicted octanol–water partition coefficient (Wildman–Crippen LogP) is 3.21. The minimum absolute atomic E-state index is 0. The maximum Gasteiger partial charge on any atom is 0.324 e. The third-order valence-corrected chi connectivity index (χ3v) is 5.39. The van der Waals surface area contributed by atoms with Crippen LogP contribution in [0.3, 0.4) is 0 Å². The first-order valence-corrected chi connectivity index (χ1v) is 9.35. The van der Waals surface area contributed by atoms with Gasteiger partial charge in [-0.2, -0.15) is 0 Å². The summed E-state index contributed by atoms with van der Waals surface area (Å²) in [5, 5.41) is 3.35. The number of nitrogens with zero attached hydrogens (tertiary/aromatic N) is 2. The van der Waals surface area contributed by atoms with E-state index in [1.165, 1.54) is 0 Å². The normalized spacial score (nSPS) is 19.1. The van der Waals surface area contributed by atoms with E-state index < -0.39 is 5.92 Å². The molecular weight excluding hydrogens is 378 g/mol. The van der Waals surface area contributed by atoms with Crippen LogP contribution in [0.2, 0.25) is 0 Å². The number of aromatic nitrogens is 1. The van der Waals surface area contributed by atoms with Crippen molar-refractivity contribution in [1.82, 2.24) is 10.3 Å². The predicted molar refractivity (Wildman–Crippen MR) is 110 cm³/mol. The Bertz CT molecular complexity index is 1030. The molecule has 6 nitrogen and oxygen atoms in total. The first kappa shape index (κ1) is 18.8. The number of hydrogen-bond donors (Lipinski definition) is 1. The Morgan fingerprint density at radius 1 is 1.18 bits per heavy atom. The van der Waals surface area contributed by atoms with Gasteiger partial charge in [0.25, 0.3) is 0 Å². The maximum atomic E-state index is 12.7. The summed E-state index contributed by atoms with van der Waals surface area (Å²) in [6.45, 7) is 5.84. The molecular formula is C21H22ClN3O3. The molecule has 0 radical (unpaired) electrons. The van der Waals surface area contributed by atoms with E-state index >= 15 is 0 Å². The number of rotatable bonds is 2. The number of aryl methyl sites for hydroxylation is 1. The third kappa shape index (κ3) is 3.23. The Labute approximate surface area is 169 Å². The smallest absolute Gasteiger partial charge is 0.324 e. The largest absolute Gasteiger partial charge is 0.440 e. The Balaban J connectivity index is 0.00000192. The minimum Gasteiger partial charge on any atom is -0.440 e. The molecule has 0 spiro atoms. The number of benzene rings is 2. The van der Waals surface area contributed by atoms with Crippen molar-refractivity contribution >= 4 is 35.2 Å². The highest BCUT2D eigenvalue weighted by Gasteiger charge is 2.34. The van der Waals surface area contributed by atoms with Gasteiger partial charge in [0.15, 0.2) is 5.58 Å².